The number of nitrogens with zero attached hydrogens (tertiary/aromatic N) is 1. The third-order valence-corrected chi connectivity index (χ3v) is 1.72. The molecule has 1 heterocycles. The number of carbonyl (C=O) groups is 1. The maximum Gasteiger partial charge on any atom is 0.248 e. The van der Waals surface area contributed by atoms with Crippen LogP contribution in [0.25, 0.3) is 0 Å². The quantitative estimate of drug-likeness (QED) is 0.445. The first kappa shape index (κ1) is 6.81. The lowest BCUT2D eigenvalue weighted by molar-refractivity contribution is -0.121. The van der Waals surface area contributed by atoms with Gasteiger partial charge in [-0.2, -0.15) is 0 Å². The summed E-state index contributed by atoms with van der Waals surface area (Å²) in [7, 11) is 0. The molecule has 0 aliphatic carbocycles. The number of hydrogen-bond acceptors (Lipinski definition) is 3. The molecular weight excluding hydrogens is 235 g/mol. The number of aliphatic hydroxyl groups is 1. The zero-order chi connectivity index (χ0) is 6.85. The molecular formula is C4H5IN2O2. The number of rotatable bonds is 0. The van der Waals surface area contributed by atoms with E-state index >= 15 is 0 Å². The molecule has 1 atom stereocenters. The Hall–Kier alpha value is -0.300. The monoisotopic (exact) mass is 240 g/mol. The normalized spacial score (nSPS) is 26.2. The lowest BCUT2D eigenvalue weighted by Gasteiger charge is -2.22. The second kappa shape index (κ2) is 2.53. The van der Waals surface area contributed by atoms with E-state index in [2.05, 4.69) is 5.32 Å². The van der Waals surface area contributed by atoms with Crippen LogP contribution in [0.3, 0.4) is 0 Å². The van der Waals surface area contributed by atoms with Gasteiger partial charge >= 0.3 is 0 Å². The minimum absolute atomic E-state index is 0.268. The Morgan fingerprint density at radius 2 is 2.56 bits per heavy atom. The van der Waals surface area contributed by atoms with Gasteiger partial charge in [-0.25, -0.2) is 0 Å². The van der Waals surface area contributed by atoms with Crippen molar-refractivity contribution in [3.05, 3.63) is 12.3 Å². The second-order valence-corrected chi connectivity index (χ2v) is 2.66. The van der Waals surface area contributed by atoms with Crippen molar-refractivity contribution in [1.82, 2.24) is 8.43 Å². The second-order valence-electron chi connectivity index (χ2n) is 1.54. The van der Waals surface area contributed by atoms with E-state index in [4.69, 9.17) is 5.11 Å². The molecule has 0 radical (unpaired) electrons. The van der Waals surface area contributed by atoms with Crippen LogP contribution < -0.4 is 5.32 Å². The Balaban J connectivity index is 2.65. The van der Waals surface area contributed by atoms with Gasteiger partial charge in [-0.1, -0.05) is 0 Å². The maximum absolute atomic E-state index is 10.4. The van der Waals surface area contributed by atoms with E-state index in [0.29, 0.717) is 0 Å². The highest BCUT2D eigenvalue weighted by atomic mass is 127. The predicted octanol–water partition coefficient (Wildman–Crippen LogP) is -0.442. The van der Waals surface area contributed by atoms with E-state index in [1.165, 1.54) is 15.4 Å². The molecule has 2 N–H and O–H groups in total. The number of nitrogens with one attached hydrogen (secondary N) is 1. The summed E-state index contributed by atoms with van der Waals surface area (Å²) in [4.78, 5) is 10.4. The summed E-state index contributed by atoms with van der Waals surface area (Å²) in [6.07, 6.45) is 1.96. The average molecular weight is 240 g/mol. The van der Waals surface area contributed by atoms with E-state index in [0.717, 1.165) is 0 Å². The smallest absolute Gasteiger partial charge is 0.248 e. The van der Waals surface area contributed by atoms with Crippen molar-refractivity contribution in [1.29, 1.82) is 0 Å². The summed E-state index contributed by atoms with van der Waals surface area (Å²) in [5.74, 6) is -0.268. The SMILES string of the molecule is O=C1C=CN(I)C(O)N1. The van der Waals surface area contributed by atoms with Crippen LogP contribution in [0, 0.1) is 0 Å². The van der Waals surface area contributed by atoms with E-state index in [1.54, 1.807) is 0 Å². The molecule has 0 bridgehead atoms. The Kier molecular flexibility index (Phi) is 1.91. The molecule has 0 aromatic rings. The van der Waals surface area contributed by atoms with Gasteiger partial charge in [-0.15, -0.1) is 0 Å². The molecule has 50 valence electrons. The van der Waals surface area contributed by atoms with Crippen LogP contribution in [-0.4, -0.2) is 20.5 Å². The van der Waals surface area contributed by atoms with Crippen molar-refractivity contribution >= 4 is 28.8 Å². The van der Waals surface area contributed by atoms with Crippen molar-refractivity contribution in [2.45, 2.75) is 6.35 Å². The Morgan fingerprint density at radius 3 is 3.00 bits per heavy atom. The third-order valence-electron chi connectivity index (χ3n) is 0.873. The molecule has 0 aromatic carbocycles. The zero-order valence-corrected chi connectivity index (χ0v) is 6.57. The average Bonchev–Trinajstić information content (AvgIpc) is 1.80. The number of hydrogen-bond donors (Lipinski definition) is 2. The molecule has 0 aromatic heterocycles. The fraction of sp³-hybridized carbons (Fsp3) is 0.250. The van der Waals surface area contributed by atoms with Gasteiger partial charge in [-0.05, 0) is 0 Å². The van der Waals surface area contributed by atoms with Crippen LogP contribution in [0.5, 0.6) is 0 Å². The van der Waals surface area contributed by atoms with Crippen LogP contribution in [-0.2, 0) is 4.79 Å². The number of aliphatic hydroxyl groups excluding tert-OH is 1. The molecule has 1 aliphatic rings. The molecule has 0 spiro atoms. The first-order valence-electron chi connectivity index (χ1n) is 2.31. The van der Waals surface area contributed by atoms with Gasteiger partial charge in [0, 0.05) is 12.3 Å². The lowest BCUT2D eigenvalue weighted by atomic mass is 10.5. The molecule has 0 saturated carbocycles. The highest BCUT2D eigenvalue weighted by molar-refractivity contribution is 14.1. The minimum atomic E-state index is -0.886. The van der Waals surface area contributed by atoms with Gasteiger partial charge in [0.15, 0.2) is 0 Å². The van der Waals surface area contributed by atoms with Crippen molar-refractivity contribution < 1.29 is 9.90 Å². The van der Waals surface area contributed by atoms with E-state index < -0.39 is 6.35 Å². The van der Waals surface area contributed by atoms with Crippen molar-refractivity contribution in [3.63, 3.8) is 0 Å². The number of carbonyl (C=O) groups excluding carboxylic acids is 1. The molecule has 0 saturated heterocycles. The van der Waals surface area contributed by atoms with Crippen LogP contribution in [0.1, 0.15) is 0 Å². The lowest BCUT2D eigenvalue weighted by Crippen LogP contribution is -2.43. The fourth-order valence-corrected chi connectivity index (χ4v) is 0.758. The predicted molar refractivity (Wildman–Crippen MR) is 39.1 cm³/mol. The summed E-state index contributed by atoms with van der Waals surface area (Å²) >= 11 is 1.87. The van der Waals surface area contributed by atoms with E-state index in [-0.39, 0.29) is 5.91 Å². The third kappa shape index (κ3) is 1.55. The molecule has 5 heteroatoms. The Bertz CT molecular complexity index is 159. The highest BCUT2D eigenvalue weighted by Gasteiger charge is 2.14. The topological polar surface area (TPSA) is 52.6 Å². The van der Waals surface area contributed by atoms with Crippen molar-refractivity contribution in [2.24, 2.45) is 0 Å². The Morgan fingerprint density at radius 1 is 1.89 bits per heavy atom. The van der Waals surface area contributed by atoms with Crippen molar-refractivity contribution in [2.75, 3.05) is 0 Å². The van der Waals surface area contributed by atoms with Gasteiger partial charge in [0.1, 0.15) is 0 Å². The molecule has 4 nitrogen and oxygen atoms in total. The summed E-state index contributed by atoms with van der Waals surface area (Å²) in [5.41, 5.74) is 0. The minimum Gasteiger partial charge on any atom is -0.356 e. The molecule has 1 rings (SSSR count). The first-order valence-corrected chi connectivity index (χ1v) is 3.27. The standard InChI is InChI=1S/C4H5IN2O2/c5-7-2-1-3(8)6-4(7)9/h1-2,4,9H,(H,6,8). The van der Waals surface area contributed by atoms with E-state index in [9.17, 15) is 4.79 Å². The largest absolute Gasteiger partial charge is 0.356 e. The Labute approximate surface area is 66.0 Å². The maximum atomic E-state index is 10.4. The van der Waals surface area contributed by atoms with Gasteiger partial charge in [0.05, 0.1) is 22.9 Å². The van der Waals surface area contributed by atoms with E-state index in [1.807, 2.05) is 22.9 Å². The molecule has 1 amide bonds. The van der Waals surface area contributed by atoms with Gasteiger partial charge in [-0.3, -0.25) is 7.91 Å². The van der Waals surface area contributed by atoms with Crippen LogP contribution >= 0.6 is 22.9 Å². The van der Waals surface area contributed by atoms with Crippen LogP contribution in [0.4, 0.5) is 0 Å². The molecule has 1 unspecified atom stereocenters. The first-order chi connectivity index (χ1) is 4.20. The number of halogens is 1. The summed E-state index contributed by atoms with van der Waals surface area (Å²) in [6, 6.07) is 0. The number of amides is 1. The van der Waals surface area contributed by atoms with Gasteiger partial charge in [0.25, 0.3) is 0 Å². The molecule has 0 fully saturated rings. The van der Waals surface area contributed by atoms with Crippen LogP contribution in [0.15, 0.2) is 12.3 Å². The van der Waals surface area contributed by atoms with Gasteiger partial charge in [0.2, 0.25) is 12.3 Å². The summed E-state index contributed by atoms with van der Waals surface area (Å²) in [6.45, 7) is 0. The van der Waals surface area contributed by atoms with Crippen molar-refractivity contribution in [3.8, 4) is 0 Å². The fourth-order valence-electron chi connectivity index (χ4n) is 0.457. The molecule has 1 aliphatic heterocycles. The zero-order valence-electron chi connectivity index (χ0n) is 4.41. The summed E-state index contributed by atoms with van der Waals surface area (Å²) in [5, 5.41) is 11.2. The summed E-state index contributed by atoms with van der Waals surface area (Å²) < 4.78 is 1.46. The van der Waals surface area contributed by atoms with Gasteiger partial charge < -0.3 is 10.4 Å². The molecule has 9 heavy (non-hydrogen) atoms. The highest BCUT2D eigenvalue weighted by Crippen LogP contribution is 2.06. The van der Waals surface area contributed by atoms with Crippen LogP contribution in [0.2, 0.25) is 0 Å².